The SMILES string of the molecule is CCCC(CCC)S(=O)(=O)C[C@](N)(C(N)=O)C(=O)c1ccc(OC)cc1.Cl. The van der Waals surface area contributed by atoms with Crippen molar-refractivity contribution in [2.75, 3.05) is 12.9 Å². The zero-order valence-electron chi connectivity index (χ0n) is 15.9. The van der Waals surface area contributed by atoms with E-state index in [-0.39, 0.29) is 18.0 Å². The first kappa shape index (κ1) is 25.4. The molecule has 0 aliphatic heterocycles. The number of carbonyl (C=O) groups is 2. The fourth-order valence-electron chi connectivity index (χ4n) is 2.83. The smallest absolute Gasteiger partial charge is 0.246 e. The van der Waals surface area contributed by atoms with Crippen LogP contribution in [0.3, 0.4) is 0 Å². The number of hydrogen-bond acceptors (Lipinski definition) is 6. The van der Waals surface area contributed by atoms with Crippen LogP contribution in [0.4, 0.5) is 0 Å². The van der Waals surface area contributed by atoms with E-state index >= 15 is 0 Å². The average molecular weight is 421 g/mol. The minimum absolute atomic E-state index is 0. The average Bonchev–Trinajstić information content (AvgIpc) is 2.60. The van der Waals surface area contributed by atoms with Crippen molar-refractivity contribution in [3.05, 3.63) is 29.8 Å². The number of hydrogen-bond donors (Lipinski definition) is 2. The second kappa shape index (κ2) is 10.6. The maximum atomic E-state index is 12.8. The van der Waals surface area contributed by atoms with Crippen molar-refractivity contribution in [3.63, 3.8) is 0 Å². The van der Waals surface area contributed by atoms with Crippen LogP contribution in [0.25, 0.3) is 0 Å². The highest BCUT2D eigenvalue weighted by Crippen LogP contribution is 2.22. The van der Waals surface area contributed by atoms with Gasteiger partial charge in [-0.15, -0.1) is 12.4 Å². The Labute approximate surface area is 167 Å². The van der Waals surface area contributed by atoms with Gasteiger partial charge in [0, 0.05) is 5.56 Å². The molecule has 1 amide bonds. The third-order valence-electron chi connectivity index (χ3n) is 4.36. The van der Waals surface area contributed by atoms with E-state index in [1.807, 2.05) is 13.8 Å². The molecule has 7 nitrogen and oxygen atoms in total. The fraction of sp³-hybridized carbons (Fsp3) is 0.556. The van der Waals surface area contributed by atoms with Crippen LogP contribution in [0.1, 0.15) is 49.9 Å². The van der Waals surface area contributed by atoms with Gasteiger partial charge in [0.2, 0.25) is 5.91 Å². The minimum Gasteiger partial charge on any atom is -0.497 e. The van der Waals surface area contributed by atoms with E-state index < -0.39 is 38.1 Å². The van der Waals surface area contributed by atoms with E-state index in [9.17, 15) is 18.0 Å². The molecular weight excluding hydrogens is 392 g/mol. The van der Waals surface area contributed by atoms with E-state index in [1.54, 1.807) is 0 Å². The molecule has 1 aromatic carbocycles. The number of halogens is 1. The lowest BCUT2D eigenvalue weighted by molar-refractivity contribution is -0.120. The van der Waals surface area contributed by atoms with E-state index in [1.165, 1.54) is 31.4 Å². The molecule has 0 aliphatic rings. The van der Waals surface area contributed by atoms with Crippen LogP contribution in [-0.4, -0.2) is 43.8 Å². The molecule has 27 heavy (non-hydrogen) atoms. The topological polar surface area (TPSA) is 130 Å². The summed E-state index contributed by atoms with van der Waals surface area (Å²) in [5, 5.41) is -0.650. The molecule has 154 valence electrons. The van der Waals surface area contributed by atoms with Gasteiger partial charge in [0.15, 0.2) is 21.2 Å². The zero-order chi connectivity index (χ0) is 20.0. The first-order valence-electron chi connectivity index (χ1n) is 8.61. The highest BCUT2D eigenvalue weighted by atomic mass is 35.5. The lowest BCUT2D eigenvalue weighted by Gasteiger charge is -2.27. The first-order chi connectivity index (χ1) is 12.1. The van der Waals surface area contributed by atoms with Gasteiger partial charge in [-0.3, -0.25) is 9.59 Å². The summed E-state index contributed by atoms with van der Waals surface area (Å²) in [6.07, 6.45) is 2.23. The molecule has 0 aliphatic carbocycles. The second-order valence-electron chi connectivity index (χ2n) is 6.40. The summed E-state index contributed by atoms with van der Waals surface area (Å²) in [7, 11) is -2.31. The summed E-state index contributed by atoms with van der Waals surface area (Å²) in [6, 6.07) is 5.90. The Kier molecular flexibility index (Phi) is 9.99. The van der Waals surface area contributed by atoms with Gasteiger partial charge in [0.25, 0.3) is 0 Å². The molecule has 0 unspecified atom stereocenters. The quantitative estimate of drug-likeness (QED) is 0.415. The Morgan fingerprint density at radius 2 is 1.59 bits per heavy atom. The van der Waals surface area contributed by atoms with Crippen LogP contribution < -0.4 is 16.2 Å². The predicted molar refractivity (Wildman–Crippen MR) is 108 cm³/mol. The lowest BCUT2D eigenvalue weighted by Crippen LogP contribution is -2.63. The number of carbonyl (C=O) groups excluding carboxylic acids is 2. The van der Waals surface area contributed by atoms with Crippen molar-refractivity contribution in [2.24, 2.45) is 11.5 Å². The molecule has 9 heteroatoms. The Morgan fingerprint density at radius 3 is 1.96 bits per heavy atom. The highest BCUT2D eigenvalue weighted by molar-refractivity contribution is 7.92. The minimum atomic E-state index is -3.79. The number of benzene rings is 1. The molecule has 1 aromatic rings. The van der Waals surface area contributed by atoms with Crippen LogP contribution in [0.5, 0.6) is 5.75 Å². The van der Waals surface area contributed by atoms with Gasteiger partial charge in [0.1, 0.15) is 5.75 Å². The lowest BCUT2D eigenvalue weighted by atomic mass is 9.91. The molecule has 0 aromatic heterocycles. The molecular formula is C18H29ClN2O5S. The van der Waals surface area contributed by atoms with Crippen molar-refractivity contribution in [1.29, 1.82) is 0 Å². The maximum absolute atomic E-state index is 12.8. The fourth-order valence-corrected chi connectivity index (χ4v) is 5.16. The number of primary amides is 1. The number of ether oxygens (including phenoxy) is 1. The van der Waals surface area contributed by atoms with Crippen LogP contribution in [0, 0.1) is 0 Å². The van der Waals surface area contributed by atoms with Crippen LogP contribution >= 0.6 is 12.4 Å². The summed E-state index contributed by atoms with van der Waals surface area (Å²) < 4.78 is 30.6. The molecule has 0 saturated heterocycles. The Morgan fingerprint density at radius 1 is 1.11 bits per heavy atom. The van der Waals surface area contributed by atoms with Crippen molar-refractivity contribution in [3.8, 4) is 5.75 Å². The summed E-state index contributed by atoms with van der Waals surface area (Å²) in [5.74, 6) is -2.26. The van der Waals surface area contributed by atoms with Gasteiger partial charge < -0.3 is 16.2 Å². The normalized spacial score (nSPS) is 13.5. The number of ketones is 1. The largest absolute Gasteiger partial charge is 0.497 e. The van der Waals surface area contributed by atoms with Crippen molar-refractivity contribution < 1.29 is 22.7 Å². The molecule has 1 rings (SSSR count). The molecule has 1 atom stereocenters. The molecule has 0 spiro atoms. The number of amides is 1. The van der Waals surface area contributed by atoms with Gasteiger partial charge in [-0.25, -0.2) is 8.42 Å². The summed E-state index contributed by atoms with van der Waals surface area (Å²) in [4.78, 5) is 24.8. The monoisotopic (exact) mass is 420 g/mol. The number of sulfone groups is 1. The molecule has 0 radical (unpaired) electrons. The van der Waals surface area contributed by atoms with Gasteiger partial charge in [0.05, 0.1) is 18.1 Å². The standard InChI is InChI=1S/C18H28N2O5S.ClH/c1-4-6-15(7-5-2)26(23,24)12-18(20,17(19)22)16(21)13-8-10-14(25-3)11-9-13;/h8-11,15H,4-7,12,20H2,1-3H3,(H2,19,22);1H/t18-;/m1./s1. The Hall–Kier alpha value is -1.64. The Bertz CT molecular complexity index is 731. The number of methoxy groups -OCH3 is 1. The second-order valence-corrected chi connectivity index (χ2v) is 8.68. The summed E-state index contributed by atoms with van der Waals surface area (Å²) in [6.45, 7) is 3.76. The van der Waals surface area contributed by atoms with Gasteiger partial charge in [-0.2, -0.15) is 0 Å². The van der Waals surface area contributed by atoms with Crippen molar-refractivity contribution in [2.45, 2.75) is 50.3 Å². The zero-order valence-corrected chi connectivity index (χ0v) is 17.6. The summed E-state index contributed by atoms with van der Waals surface area (Å²) in [5.41, 5.74) is 9.10. The van der Waals surface area contributed by atoms with Gasteiger partial charge >= 0.3 is 0 Å². The molecule has 0 saturated carbocycles. The van der Waals surface area contributed by atoms with Crippen molar-refractivity contribution >= 4 is 33.9 Å². The van der Waals surface area contributed by atoms with E-state index in [4.69, 9.17) is 16.2 Å². The van der Waals surface area contributed by atoms with E-state index in [0.29, 0.717) is 31.4 Å². The van der Waals surface area contributed by atoms with E-state index in [2.05, 4.69) is 0 Å². The van der Waals surface area contributed by atoms with E-state index in [0.717, 1.165) is 0 Å². The first-order valence-corrected chi connectivity index (χ1v) is 10.3. The molecule has 4 N–H and O–H groups in total. The molecule has 0 fully saturated rings. The van der Waals surface area contributed by atoms with Crippen LogP contribution in [0.15, 0.2) is 24.3 Å². The number of rotatable bonds is 11. The maximum Gasteiger partial charge on any atom is 0.246 e. The number of Topliss-reactive ketones (excluding diaryl/α,β-unsaturated/α-hetero) is 1. The predicted octanol–water partition coefficient (Wildman–Crippen LogP) is 1.87. The van der Waals surface area contributed by atoms with Crippen molar-refractivity contribution in [1.82, 2.24) is 0 Å². The van der Waals surface area contributed by atoms with Crippen LogP contribution in [0.2, 0.25) is 0 Å². The summed E-state index contributed by atoms with van der Waals surface area (Å²) >= 11 is 0. The Balaban J connectivity index is 0.00000676. The third kappa shape index (κ3) is 6.19. The van der Waals surface area contributed by atoms with Gasteiger partial charge in [-0.1, -0.05) is 26.7 Å². The van der Waals surface area contributed by atoms with Gasteiger partial charge in [-0.05, 0) is 37.1 Å². The highest BCUT2D eigenvalue weighted by Gasteiger charge is 2.46. The third-order valence-corrected chi connectivity index (χ3v) is 6.70. The number of nitrogens with two attached hydrogens (primary N) is 2. The molecule has 0 heterocycles. The van der Waals surface area contributed by atoms with Crippen LogP contribution in [-0.2, 0) is 14.6 Å². The molecule has 0 bridgehead atoms.